The molecule has 0 aromatic carbocycles. The van der Waals surface area contributed by atoms with Crippen LogP contribution in [-0.4, -0.2) is 18.6 Å². The van der Waals surface area contributed by atoms with Crippen LogP contribution < -0.4 is 11.1 Å². The lowest BCUT2D eigenvalue weighted by atomic mass is 9.73. The lowest BCUT2D eigenvalue weighted by Crippen LogP contribution is -2.54. The second-order valence-corrected chi connectivity index (χ2v) is 6.95. The third kappa shape index (κ3) is 3.21. The number of hydrogen-bond acceptors (Lipinski definition) is 2. The van der Waals surface area contributed by atoms with Crippen molar-refractivity contribution < 1.29 is 0 Å². The SMILES string of the molecule is CC1(C)CCC(CNCC2(N)CCC2)CC1. The Bertz CT molecular complexity index is 221. The quantitative estimate of drug-likeness (QED) is 0.770. The van der Waals surface area contributed by atoms with Crippen LogP contribution in [0.2, 0.25) is 0 Å². The van der Waals surface area contributed by atoms with Crippen LogP contribution in [0.1, 0.15) is 58.8 Å². The lowest BCUT2D eigenvalue weighted by molar-refractivity contribution is 0.180. The van der Waals surface area contributed by atoms with Gasteiger partial charge in [0.05, 0.1) is 0 Å². The number of rotatable bonds is 4. The van der Waals surface area contributed by atoms with E-state index in [1.807, 2.05) is 0 Å². The van der Waals surface area contributed by atoms with E-state index in [4.69, 9.17) is 5.73 Å². The second kappa shape index (κ2) is 4.66. The van der Waals surface area contributed by atoms with Gasteiger partial charge < -0.3 is 11.1 Å². The highest BCUT2D eigenvalue weighted by atomic mass is 14.9. The van der Waals surface area contributed by atoms with Crippen molar-refractivity contribution in [3.63, 3.8) is 0 Å². The Balaban J connectivity index is 1.60. The molecular formula is C14H28N2. The van der Waals surface area contributed by atoms with Crippen LogP contribution in [0.3, 0.4) is 0 Å². The summed E-state index contributed by atoms with van der Waals surface area (Å²) in [6.45, 7) is 7.03. The zero-order chi connectivity index (χ0) is 11.6. The summed E-state index contributed by atoms with van der Waals surface area (Å²) in [6, 6.07) is 0. The standard InChI is InChI=1S/C14H28N2/c1-13(2)8-4-12(5-9-13)10-16-11-14(15)6-3-7-14/h12,16H,3-11,15H2,1-2H3. The summed E-state index contributed by atoms with van der Waals surface area (Å²) in [5, 5.41) is 3.60. The van der Waals surface area contributed by atoms with Crippen molar-refractivity contribution in [1.29, 1.82) is 0 Å². The highest BCUT2D eigenvalue weighted by molar-refractivity contribution is 4.94. The van der Waals surface area contributed by atoms with Crippen LogP contribution in [0.5, 0.6) is 0 Å². The Kier molecular flexibility index (Phi) is 3.60. The minimum Gasteiger partial charge on any atom is -0.324 e. The van der Waals surface area contributed by atoms with Gasteiger partial charge in [-0.2, -0.15) is 0 Å². The number of nitrogens with one attached hydrogen (secondary N) is 1. The molecule has 2 heteroatoms. The van der Waals surface area contributed by atoms with Crippen LogP contribution in [0, 0.1) is 11.3 Å². The molecule has 2 aliphatic rings. The molecule has 2 rings (SSSR count). The first kappa shape index (κ1) is 12.4. The molecule has 2 fully saturated rings. The lowest BCUT2D eigenvalue weighted by Gasteiger charge is -2.39. The zero-order valence-corrected chi connectivity index (χ0v) is 11.0. The normalized spacial score (nSPS) is 28.7. The van der Waals surface area contributed by atoms with Crippen molar-refractivity contribution in [2.75, 3.05) is 13.1 Å². The summed E-state index contributed by atoms with van der Waals surface area (Å²) in [6.07, 6.45) is 9.36. The number of hydrogen-bond donors (Lipinski definition) is 2. The fourth-order valence-corrected chi connectivity index (χ4v) is 3.00. The van der Waals surface area contributed by atoms with Gasteiger partial charge in [-0.05, 0) is 62.8 Å². The summed E-state index contributed by atoms with van der Waals surface area (Å²) in [4.78, 5) is 0. The summed E-state index contributed by atoms with van der Waals surface area (Å²) < 4.78 is 0. The molecule has 2 nitrogen and oxygen atoms in total. The van der Waals surface area contributed by atoms with Crippen LogP contribution in [-0.2, 0) is 0 Å². The molecular weight excluding hydrogens is 196 g/mol. The van der Waals surface area contributed by atoms with E-state index in [1.165, 1.54) is 51.5 Å². The summed E-state index contributed by atoms with van der Waals surface area (Å²) in [7, 11) is 0. The van der Waals surface area contributed by atoms with Crippen LogP contribution in [0.15, 0.2) is 0 Å². The average Bonchev–Trinajstić information content (AvgIpc) is 2.18. The molecule has 0 radical (unpaired) electrons. The van der Waals surface area contributed by atoms with E-state index in [2.05, 4.69) is 19.2 Å². The van der Waals surface area contributed by atoms with E-state index in [0.717, 1.165) is 12.5 Å². The fourth-order valence-electron chi connectivity index (χ4n) is 3.00. The molecule has 94 valence electrons. The Labute approximate surface area is 100 Å². The molecule has 2 aliphatic carbocycles. The van der Waals surface area contributed by atoms with E-state index in [1.54, 1.807) is 0 Å². The van der Waals surface area contributed by atoms with E-state index in [0.29, 0.717) is 5.41 Å². The van der Waals surface area contributed by atoms with Gasteiger partial charge >= 0.3 is 0 Å². The molecule has 0 aliphatic heterocycles. The van der Waals surface area contributed by atoms with Crippen LogP contribution in [0.25, 0.3) is 0 Å². The molecule has 0 unspecified atom stereocenters. The molecule has 0 saturated heterocycles. The van der Waals surface area contributed by atoms with E-state index < -0.39 is 0 Å². The third-order valence-corrected chi connectivity index (χ3v) is 4.72. The number of nitrogens with two attached hydrogens (primary N) is 1. The molecule has 0 bridgehead atoms. The Morgan fingerprint density at radius 1 is 1.12 bits per heavy atom. The maximum atomic E-state index is 6.20. The van der Waals surface area contributed by atoms with Gasteiger partial charge in [-0.3, -0.25) is 0 Å². The van der Waals surface area contributed by atoms with Gasteiger partial charge in [-0.25, -0.2) is 0 Å². The van der Waals surface area contributed by atoms with Gasteiger partial charge in [0.15, 0.2) is 0 Å². The van der Waals surface area contributed by atoms with Crippen molar-refractivity contribution in [2.24, 2.45) is 17.1 Å². The minimum atomic E-state index is 0.147. The van der Waals surface area contributed by atoms with Gasteiger partial charge in [-0.1, -0.05) is 13.8 Å². The summed E-state index contributed by atoms with van der Waals surface area (Å²) in [5.41, 5.74) is 6.94. The van der Waals surface area contributed by atoms with Gasteiger partial charge in [0.2, 0.25) is 0 Å². The van der Waals surface area contributed by atoms with Gasteiger partial charge in [0.25, 0.3) is 0 Å². The average molecular weight is 224 g/mol. The highest BCUT2D eigenvalue weighted by Crippen LogP contribution is 2.37. The predicted molar refractivity (Wildman–Crippen MR) is 69.4 cm³/mol. The maximum Gasteiger partial charge on any atom is 0.0280 e. The smallest absolute Gasteiger partial charge is 0.0280 e. The molecule has 0 spiro atoms. The molecule has 0 heterocycles. The van der Waals surface area contributed by atoms with Crippen molar-refractivity contribution in [2.45, 2.75) is 64.3 Å². The maximum absolute atomic E-state index is 6.20. The van der Waals surface area contributed by atoms with E-state index >= 15 is 0 Å². The zero-order valence-electron chi connectivity index (χ0n) is 11.0. The molecule has 3 N–H and O–H groups in total. The molecule has 0 aromatic rings. The first-order chi connectivity index (χ1) is 7.49. The van der Waals surface area contributed by atoms with Crippen LogP contribution in [0.4, 0.5) is 0 Å². The monoisotopic (exact) mass is 224 g/mol. The predicted octanol–water partition coefficient (Wildman–Crippen LogP) is 2.67. The first-order valence-corrected chi connectivity index (χ1v) is 6.99. The largest absolute Gasteiger partial charge is 0.324 e. The first-order valence-electron chi connectivity index (χ1n) is 6.99. The Morgan fingerprint density at radius 3 is 2.25 bits per heavy atom. The van der Waals surface area contributed by atoms with E-state index in [9.17, 15) is 0 Å². The van der Waals surface area contributed by atoms with Gasteiger partial charge in [0.1, 0.15) is 0 Å². The van der Waals surface area contributed by atoms with Crippen molar-refractivity contribution in [1.82, 2.24) is 5.32 Å². The van der Waals surface area contributed by atoms with Crippen LogP contribution >= 0.6 is 0 Å². The molecule has 2 saturated carbocycles. The molecule has 16 heavy (non-hydrogen) atoms. The topological polar surface area (TPSA) is 38.0 Å². The molecule has 0 amide bonds. The Morgan fingerprint density at radius 2 is 1.75 bits per heavy atom. The summed E-state index contributed by atoms with van der Waals surface area (Å²) in [5.74, 6) is 0.900. The van der Waals surface area contributed by atoms with Gasteiger partial charge in [0, 0.05) is 12.1 Å². The van der Waals surface area contributed by atoms with Crippen molar-refractivity contribution >= 4 is 0 Å². The van der Waals surface area contributed by atoms with Crippen molar-refractivity contribution in [3.05, 3.63) is 0 Å². The fraction of sp³-hybridized carbons (Fsp3) is 1.00. The summed E-state index contributed by atoms with van der Waals surface area (Å²) >= 11 is 0. The molecule has 0 atom stereocenters. The molecule has 0 aromatic heterocycles. The van der Waals surface area contributed by atoms with E-state index in [-0.39, 0.29) is 5.54 Å². The van der Waals surface area contributed by atoms with Gasteiger partial charge in [-0.15, -0.1) is 0 Å². The highest BCUT2D eigenvalue weighted by Gasteiger charge is 2.32. The minimum absolute atomic E-state index is 0.147. The Hall–Kier alpha value is -0.0800. The van der Waals surface area contributed by atoms with Crippen molar-refractivity contribution in [3.8, 4) is 0 Å². The third-order valence-electron chi connectivity index (χ3n) is 4.72. The second-order valence-electron chi connectivity index (χ2n) is 6.95.